The van der Waals surface area contributed by atoms with Gasteiger partial charge in [0.1, 0.15) is 0 Å². The highest BCUT2D eigenvalue weighted by Gasteiger charge is 2.22. The van der Waals surface area contributed by atoms with Gasteiger partial charge in [0, 0.05) is 15.7 Å². The van der Waals surface area contributed by atoms with Gasteiger partial charge in [-0.25, -0.2) is 9.59 Å². The van der Waals surface area contributed by atoms with Crippen molar-refractivity contribution in [3.8, 4) is 0 Å². The summed E-state index contributed by atoms with van der Waals surface area (Å²) in [5, 5.41) is 14.6. The summed E-state index contributed by atoms with van der Waals surface area (Å²) in [5.74, 6) is -1.05. The van der Waals surface area contributed by atoms with Gasteiger partial charge < -0.3 is 15.7 Å². The van der Waals surface area contributed by atoms with Crippen LogP contribution in [-0.2, 0) is 0 Å². The Labute approximate surface area is 126 Å². The zero-order valence-corrected chi connectivity index (χ0v) is 13.4. The van der Waals surface area contributed by atoms with Gasteiger partial charge in [-0.15, -0.1) is 0 Å². The number of anilines is 1. The fourth-order valence-electron chi connectivity index (χ4n) is 1.63. The Morgan fingerprint density at radius 1 is 1.30 bits per heavy atom. The van der Waals surface area contributed by atoms with Gasteiger partial charge in [-0.3, -0.25) is 0 Å². The molecule has 0 aromatic heterocycles. The molecule has 5 nitrogen and oxygen atoms in total. The van der Waals surface area contributed by atoms with Crippen LogP contribution >= 0.6 is 15.9 Å². The number of rotatable bonds is 5. The molecule has 0 atom stereocenters. The van der Waals surface area contributed by atoms with Crippen LogP contribution in [0.1, 0.15) is 44.0 Å². The zero-order chi connectivity index (χ0) is 15.3. The summed E-state index contributed by atoms with van der Waals surface area (Å²) in [6.45, 7) is 5.98. The van der Waals surface area contributed by atoms with Crippen molar-refractivity contribution in [2.24, 2.45) is 0 Å². The van der Waals surface area contributed by atoms with Crippen molar-refractivity contribution < 1.29 is 14.7 Å². The molecular formula is C14H19BrN2O3. The van der Waals surface area contributed by atoms with Crippen molar-refractivity contribution in [3.05, 3.63) is 28.2 Å². The number of aromatic carboxylic acids is 1. The summed E-state index contributed by atoms with van der Waals surface area (Å²) in [7, 11) is 0. The maximum absolute atomic E-state index is 11.9. The first-order valence-corrected chi connectivity index (χ1v) is 7.22. The second-order valence-electron chi connectivity index (χ2n) is 4.85. The third kappa shape index (κ3) is 4.23. The Balaban J connectivity index is 2.81. The number of carboxylic acids is 1. The molecule has 0 radical (unpaired) electrons. The molecule has 0 fully saturated rings. The van der Waals surface area contributed by atoms with Gasteiger partial charge in [0.15, 0.2) is 0 Å². The fraction of sp³-hybridized carbons (Fsp3) is 0.429. The van der Waals surface area contributed by atoms with Crippen molar-refractivity contribution in [2.45, 2.75) is 39.2 Å². The van der Waals surface area contributed by atoms with E-state index in [0.29, 0.717) is 10.2 Å². The van der Waals surface area contributed by atoms with E-state index in [1.165, 1.54) is 6.07 Å². The molecule has 6 heteroatoms. The average Bonchev–Trinajstić information content (AvgIpc) is 2.40. The van der Waals surface area contributed by atoms with E-state index in [0.717, 1.165) is 12.8 Å². The van der Waals surface area contributed by atoms with Crippen LogP contribution in [0.15, 0.2) is 22.7 Å². The SMILES string of the molecule is CCC(C)(CC)NC(=O)Nc1ccc(Br)c(C(=O)O)c1. The van der Waals surface area contributed by atoms with Crippen LogP contribution in [0.4, 0.5) is 10.5 Å². The number of carbonyl (C=O) groups excluding carboxylic acids is 1. The Hall–Kier alpha value is -1.56. The molecule has 0 aliphatic rings. The predicted molar refractivity (Wildman–Crippen MR) is 82.2 cm³/mol. The Kier molecular flexibility index (Phi) is 5.56. The van der Waals surface area contributed by atoms with E-state index < -0.39 is 5.97 Å². The number of benzene rings is 1. The van der Waals surface area contributed by atoms with E-state index in [4.69, 9.17) is 5.11 Å². The third-order valence-corrected chi connectivity index (χ3v) is 4.12. The summed E-state index contributed by atoms with van der Waals surface area (Å²) in [6.07, 6.45) is 1.63. The van der Waals surface area contributed by atoms with Crippen LogP contribution in [0.2, 0.25) is 0 Å². The summed E-state index contributed by atoms with van der Waals surface area (Å²) in [6, 6.07) is 4.32. The van der Waals surface area contributed by atoms with Gasteiger partial charge in [-0.2, -0.15) is 0 Å². The lowest BCUT2D eigenvalue weighted by atomic mass is 9.96. The molecule has 3 N–H and O–H groups in total. The molecule has 0 aliphatic carbocycles. The minimum absolute atomic E-state index is 0.108. The molecular weight excluding hydrogens is 324 g/mol. The molecule has 0 saturated carbocycles. The Morgan fingerprint density at radius 2 is 1.90 bits per heavy atom. The highest BCUT2D eigenvalue weighted by atomic mass is 79.9. The van der Waals surface area contributed by atoms with Crippen molar-refractivity contribution in [1.82, 2.24) is 5.32 Å². The lowest BCUT2D eigenvalue weighted by Gasteiger charge is -2.28. The number of carboxylic acid groups (broad SMARTS) is 1. The highest BCUT2D eigenvalue weighted by molar-refractivity contribution is 9.10. The average molecular weight is 343 g/mol. The van der Waals surface area contributed by atoms with E-state index >= 15 is 0 Å². The molecule has 0 bridgehead atoms. The van der Waals surface area contributed by atoms with Gasteiger partial charge in [-0.05, 0) is 53.9 Å². The molecule has 0 aliphatic heterocycles. The lowest BCUT2D eigenvalue weighted by Crippen LogP contribution is -2.46. The minimum Gasteiger partial charge on any atom is -0.478 e. The quantitative estimate of drug-likeness (QED) is 0.760. The first-order chi connectivity index (χ1) is 9.31. The topological polar surface area (TPSA) is 78.4 Å². The molecule has 20 heavy (non-hydrogen) atoms. The number of nitrogens with one attached hydrogen (secondary N) is 2. The largest absolute Gasteiger partial charge is 0.478 e. The van der Waals surface area contributed by atoms with Gasteiger partial charge in [0.25, 0.3) is 0 Å². The molecule has 0 spiro atoms. The Bertz CT molecular complexity index is 513. The summed E-state index contributed by atoms with van der Waals surface area (Å²) >= 11 is 3.16. The zero-order valence-electron chi connectivity index (χ0n) is 11.8. The highest BCUT2D eigenvalue weighted by Crippen LogP contribution is 2.21. The number of hydrogen-bond donors (Lipinski definition) is 3. The van der Waals surface area contributed by atoms with Crippen molar-refractivity contribution >= 4 is 33.6 Å². The number of carbonyl (C=O) groups is 2. The summed E-state index contributed by atoms with van der Waals surface area (Å²) in [5.41, 5.74) is 0.281. The first kappa shape index (κ1) is 16.5. The van der Waals surface area contributed by atoms with E-state index in [1.807, 2.05) is 20.8 Å². The maximum atomic E-state index is 11.9. The molecule has 2 amide bonds. The van der Waals surface area contributed by atoms with Gasteiger partial charge in [-0.1, -0.05) is 13.8 Å². The van der Waals surface area contributed by atoms with E-state index in [2.05, 4.69) is 26.6 Å². The lowest BCUT2D eigenvalue weighted by molar-refractivity contribution is 0.0696. The van der Waals surface area contributed by atoms with E-state index in [9.17, 15) is 9.59 Å². The van der Waals surface area contributed by atoms with E-state index in [1.54, 1.807) is 12.1 Å². The molecule has 0 unspecified atom stereocenters. The fourth-order valence-corrected chi connectivity index (χ4v) is 2.05. The van der Waals surface area contributed by atoms with Crippen LogP contribution in [0.5, 0.6) is 0 Å². The van der Waals surface area contributed by atoms with Crippen LogP contribution in [0, 0.1) is 0 Å². The van der Waals surface area contributed by atoms with E-state index in [-0.39, 0.29) is 17.1 Å². The monoisotopic (exact) mass is 342 g/mol. The minimum atomic E-state index is -1.05. The normalized spacial score (nSPS) is 11.0. The van der Waals surface area contributed by atoms with Crippen LogP contribution in [0.25, 0.3) is 0 Å². The third-order valence-electron chi connectivity index (χ3n) is 3.43. The molecule has 0 saturated heterocycles. The second-order valence-corrected chi connectivity index (χ2v) is 5.70. The number of hydrogen-bond acceptors (Lipinski definition) is 2. The number of halogens is 1. The molecule has 0 heterocycles. The smallest absolute Gasteiger partial charge is 0.336 e. The molecule has 110 valence electrons. The number of amides is 2. The second kappa shape index (κ2) is 6.74. The van der Waals surface area contributed by atoms with Crippen LogP contribution in [0.3, 0.4) is 0 Å². The molecule has 1 aromatic rings. The van der Waals surface area contributed by atoms with Crippen molar-refractivity contribution in [1.29, 1.82) is 0 Å². The standard InChI is InChI=1S/C14H19BrN2O3/c1-4-14(3,5-2)17-13(20)16-9-6-7-11(15)10(8-9)12(18)19/h6-8H,4-5H2,1-3H3,(H,18,19)(H2,16,17,20). The molecule has 1 aromatic carbocycles. The van der Waals surface area contributed by atoms with Crippen molar-refractivity contribution in [3.63, 3.8) is 0 Å². The maximum Gasteiger partial charge on any atom is 0.336 e. The first-order valence-electron chi connectivity index (χ1n) is 6.43. The summed E-state index contributed by atoms with van der Waals surface area (Å²) < 4.78 is 0.475. The van der Waals surface area contributed by atoms with Gasteiger partial charge in [0.2, 0.25) is 0 Å². The van der Waals surface area contributed by atoms with Gasteiger partial charge in [0.05, 0.1) is 5.56 Å². The summed E-state index contributed by atoms with van der Waals surface area (Å²) in [4.78, 5) is 23.0. The number of urea groups is 1. The van der Waals surface area contributed by atoms with Gasteiger partial charge >= 0.3 is 12.0 Å². The Morgan fingerprint density at radius 3 is 2.40 bits per heavy atom. The van der Waals surface area contributed by atoms with Crippen molar-refractivity contribution in [2.75, 3.05) is 5.32 Å². The molecule has 1 rings (SSSR count). The predicted octanol–water partition coefficient (Wildman–Crippen LogP) is 3.85. The van der Waals surface area contributed by atoms with Crippen LogP contribution in [-0.4, -0.2) is 22.6 Å². The van der Waals surface area contributed by atoms with Crippen LogP contribution < -0.4 is 10.6 Å².